The van der Waals surface area contributed by atoms with Crippen molar-refractivity contribution in [2.75, 3.05) is 6.54 Å². The molecule has 0 aromatic rings. The summed E-state index contributed by atoms with van der Waals surface area (Å²) in [7, 11) is 0. The van der Waals surface area contributed by atoms with Crippen molar-refractivity contribution in [3.8, 4) is 0 Å². The highest BCUT2D eigenvalue weighted by molar-refractivity contribution is 5.72. The standard InChI is InChI=1S/C9H18N2O4/c1-9(2,3)4-6(12)14-8(11)15-7(13)5-10/h8H,4-5,10-11H2,1-3H3. The number of carbonyl (C=O) groups excluding carboxylic acids is 2. The Morgan fingerprint density at radius 1 is 1.20 bits per heavy atom. The van der Waals surface area contributed by atoms with Crippen LogP contribution in [-0.2, 0) is 19.1 Å². The minimum Gasteiger partial charge on any atom is -0.411 e. The molecule has 0 bridgehead atoms. The molecule has 0 radical (unpaired) electrons. The maximum Gasteiger partial charge on any atom is 0.323 e. The summed E-state index contributed by atoms with van der Waals surface area (Å²) in [6, 6.07) is 0. The van der Waals surface area contributed by atoms with Crippen LogP contribution >= 0.6 is 0 Å². The summed E-state index contributed by atoms with van der Waals surface area (Å²) in [6.45, 7) is 5.34. The van der Waals surface area contributed by atoms with Crippen LogP contribution in [0, 0.1) is 5.41 Å². The summed E-state index contributed by atoms with van der Waals surface area (Å²) in [4.78, 5) is 21.9. The van der Waals surface area contributed by atoms with Crippen LogP contribution in [0.1, 0.15) is 27.2 Å². The molecule has 0 aliphatic rings. The molecule has 6 heteroatoms. The lowest BCUT2D eigenvalue weighted by Crippen LogP contribution is -2.35. The van der Waals surface area contributed by atoms with Crippen molar-refractivity contribution in [2.24, 2.45) is 16.9 Å². The number of hydrogen-bond donors (Lipinski definition) is 2. The molecular weight excluding hydrogens is 200 g/mol. The first-order valence-electron chi connectivity index (χ1n) is 4.59. The molecule has 88 valence electrons. The maximum absolute atomic E-state index is 11.2. The predicted octanol–water partition coefficient (Wildman–Crippen LogP) is -0.290. The number of carbonyl (C=O) groups is 2. The summed E-state index contributed by atoms with van der Waals surface area (Å²) in [5, 5.41) is 0. The first kappa shape index (κ1) is 13.9. The van der Waals surface area contributed by atoms with Gasteiger partial charge in [0.15, 0.2) is 0 Å². The van der Waals surface area contributed by atoms with Crippen LogP contribution in [0.5, 0.6) is 0 Å². The molecule has 1 atom stereocenters. The van der Waals surface area contributed by atoms with E-state index in [2.05, 4.69) is 9.47 Å². The SMILES string of the molecule is CC(C)(C)CC(=O)OC(N)OC(=O)CN. The quantitative estimate of drug-likeness (QED) is 0.496. The zero-order valence-corrected chi connectivity index (χ0v) is 9.28. The smallest absolute Gasteiger partial charge is 0.323 e. The second-order valence-corrected chi connectivity index (χ2v) is 4.29. The molecular formula is C9H18N2O4. The van der Waals surface area contributed by atoms with Gasteiger partial charge in [-0.15, -0.1) is 0 Å². The normalized spacial score (nSPS) is 13.1. The topological polar surface area (TPSA) is 105 Å². The molecule has 0 saturated carbocycles. The van der Waals surface area contributed by atoms with Crippen LogP contribution in [0.4, 0.5) is 0 Å². The van der Waals surface area contributed by atoms with E-state index in [0.29, 0.717) is 0 Å². The van der Waals surface area contributed by atoms with Gasteiger partial charge in [0.1, 0.15) is 0 Å². The van der Waals surface area contributed by atoms with Crippen molar-refractivity contribution in [1.82, 2.24) is 0 Å². The minimum atomic E-state index is -1.38. The van der Waals surface area contributed by atoms with E-state index in [1.807, 2.05) is 20.8 Å². The molecule has 4 N–H and O–H groups in total. The van der Waals surface area contributed by atoms with E-state index >= 15 is 0 Å². The molecule has 0 heterocycles. The zero-order chi connectivity index (χ0) is 12.1. The molecule has 0 amide bonds. The van der Waals surface area contributed by atoms with Crippen LogP contribution in [0.25, 0.3) is 0 Å². The molecule has 15 heavy (non-hydrogen) atoms. The molecule has 0 rings (SSSR count). The van der Waals surface area contributed by atoms with E-state index in [1.54, 1.807) is 0 Å². The second kappa shape index (κ2) is 5.67. The summed E-state index contributed by atoms with van der Waals surface area (Å²) in [6.07, 6.45) is -1.18. The van der Waals surface area contributed by atoms with E-state index < -0.39 is 18.4 Å². The Balaban J connectivity index is 3.92. The van der Waals surface area contributed by atoms with Crippen molar-refractivity contribution in [1.29, 1.82) is 0 Å². The third kappa shape index (κ3) is 7.90. The van der Waals surface area contributed by atoms with E-state index in [4.69, 9.17) is 11.5 Å². The summed E-state index contributed by atoms with van der Waals surface area (Å²) >= 11 is 0. The van der Waals surface area contributed by atoms with Gasteiger partial charge in [-0.25, -0.2) is 0 Å². The highest BCUT2D eigenvalue weighted by Crippen LogP contribution is 2.19. The third-order valence-corrected chi connectivity index (χ3v) is 1.34. The molecule has 0 aromatic heterocycles. The van der Waals surface area contributed by atoms with Gasteiger partial charge < -0.3 is 15.2 Å². The van der Waals surface area contributed by atoms with Gasteiger partial charge in [-0.05, 0) is 5.41 Å². The molecule has 0 fully saturated rings. The molecule has 6 nitrogen and oxygen atoms in total. The lowest BCUT2D eigenvalue weighted by molar-refractivity contribution is -0.186. The van der Waals surface area contributed by atoms with Gasteiger partial charge in [0.2, 0.25) is 0 Å². The van der Waals surface area contributed by atoms with Gasteiger partial charge in [0.25, 0.3) is 0 Å². The lowest BCUT2D eigenvalue weighted by Gasteiger charge is -2.18. The van der Waals surface area contributed by atoms with Gasteiger partial charge in [-0.3, -0.25) is 15.3 Å². The van der Waals surface area contributed by atoms with Gasteiger partial charge in [-0.2, -0.15) is 0 Å². The number of hydrogen-bond acceptors (Lipinski definition) is 6. The molecule has 1 unspecified atom stereocenters. The summed E-state index contributed by atoms with van der Waals surface area (Å²) in [5.41, 5.74) is 10.0. The van der Waals surface area contributed by atoms with E-state index in [-0.39, 0.29) is 18.4 Å². The summed E-state index contributed by atoms with van der Waals surface area (Å²) < 4.78 is 9.09. The van der Waals surface area contributed by atoms with Crippen LogP contribution in [0.15, 0.2) is 0 Å². The Morgan fingerprint density at radius 2 is 1.67 bits per heavy atom. The van der Waals surface area contributed by atoms with Gasteiger partial charge in [-0.1, -0.05) is 20.8 Å². The lowest BCUT2D eigenvalue weighted by atomic mass is 9.93. The van der Waals surface area contributed by atoms with Crippen molar-refractivity contribution >= 4 is 11.9 Å². The Bertz CT molecular complexity index is 235. The maximum atomic E-state index is 11.2. The number of esters is 2. The molecule has 0 aliphatic heterocycles. The first-order chi connectivity index (χ1) is 6.74. The van der Waals surface area contributed by atoms with Gasteiger partial charge in [0, 0.05) is 0 Å². The second-order valence-electron chi connectivity index (χ2n) is 4.29. The average Bonchev–Trinajstić information content (AvgIpc) is 1.99. The Labute approximate surface area is 88.9 Å². The van der Waals surface area contributed by atoms with Crippen LogP contribution in [-0.4, -0.2) is 24.9 Å². The Hall–Kier alpha value is -1.14. The van der Waals surface area contributed by atoms with Crippen molar-refractivity contribution in [3.63, 3.8) is 0 Å². The highest BCUT2D eigenvalue weighted by atomic mass is 16.7. The fourth-order valence-electron chi connectivity index (χ4n) is 0.806. The van der Waals surface area contributed by atoms with Gasteiger partial charge in [0.05, 0.1) is 13.0 Å². The molecule has 0 aromatic carbocycles. The average molecular weight is 218 g/mol. The minimum absolute atomic E-state index is 0.195. The third-order valence-electron chi connectivity index (χ3n) is 1.34. The number of ether oxygens (including phenoxy) is 2. The number of nitrogens with two attached hydrogens (primary N) is 2. The molecule has 0 saturated heterocycles. The van der Waals surface area contributed by atoms with Gasteiger partial charge >= 0.3 is 18.4 Å². The van der Waals surface area contributed by atoms with E-state index in [0.717, 1.165) is 0 Å². The molecule has 0 spiro atoms. The monoisotopic (exact) mass is 218 g/mol. The summed E-state index contributed by atoms with van der Waals surface area (Å²) in [5.74, 6) is -1.23. The van der Waals surface area contributed by atoms with E-state index in [1.165, 1.54) is 0 Å². The molecule has 0 aliphatic carbocycles. The number of rotatable bonds is 4. The van der Waals surface area contributed by atoms with Crippen LogP contribution < -0.4 is 11.5 Å². The van der Waals surface area contributed by atoms with Crippen molar-refractivity contribution in [3.05, 3.63) is 0 Å². The van der Waals surface area contributed by atoms with E-state index in [9.17, 15) is 9.59 Å². The zero-order valence-electron chi connectivity index (χ0n) is 9.28. The first-order valence-corrected chi connectivity index (χ1v) is 4.59. The van der Waals surface area contributed by atoms with Crippen LogP contribution in [0.2, 0.25) is 0 Å². The fraction of sp³-hybridized carbons (Fsp3) is 0.778. The van der Waals surface area contributed by atoms with Crippen molar-refractivity contribution in [2.45, 2.75) is 33.6 Å². The van der Waals surface area contributed by atoms with Crippen molar-refractivity contribution < 1.29 is 19.1 Å². The Kier molecular flexibility index (Phi) is 5.24. The highest BCUT2D eigenvalue weighted by Gasteiger charge is 2.20. The Morgan fingerprint density at radius 3 is 2.07 bits per heavy atom. The van der Waals surface area contributed by atoms with Crippen LogP contribution in [0.3, 0.4) is 0 Å². The predicted molar refractivity (Wildman–Crippen MR) is 53.3 cm³/mol. The fourth-order valence-corrected chi connectivity index (χ4v) is 0.806. The largest absolute Gasteiger partial charge is 0.411 e.